The summed E-state index contributed by atoms with van der Waals surface area (Å²) in [6.07, 6.45) is 8.17. The van der Waals surface area contributed by atoms with Gasteiger partial charge in [0.1, 0.15) is 12.4 Å². The van der Waals surface area contributed by atoms with Gasteiger partial charge in [0.15, 0.2) is 0 Å². The fraction of sp³-hybridized carbons (Fsp3) is 0.560. The van der Waals surface area contributed by atoms with Gasteiger partial charge in [-0.15, -0.1) is 0 Å². The Labute approximate surface area is 190 Å². The van der Waals surface area contributed by atoms with Crippen LogP contribution in [-0.2, 0) is 17.9 Å². The van der Waals surface area contributed by atoms with Gasteiger partial charge in [0.05, 0.1) is 0 Å². The molecule has 7 nitrogen and oxygen atoms in total. The molecule has 32 heavy (non-hydrogen) atoms. The lowest BCUT2D eigenvalue weighted by molar-refractivity contribution is -0.122. The first-order valence-electron chi connectivity index (χ1n) is 12.1. The van der Waals surface area contributed by atoms with Gasteiger partial charge in [-0.2, -0.15) is 5.10 Å². The molecule has 1 N–H and O–H groups in total. The van der Waals surface area contributed by atoms with Crippen LogP contribution in [0, 0.1) is 0 Å². The molecule has 7 heteroatoms. The fourth-order valence-corrected chi connectivity index (χ4v) is 4.71. The second-order valence-corrected chi connectivity index (χ2v) is 9.05. The van der Waals surface area contributed by atoms with Crippen molar-refractivity contribution in [3.63, 3.8) is 0 Å². The van der Waals surface area contributed by atoms with Crippen LogP contribution in [-0.4, -0.2) is 52.8 Å². The minimum Gasteiger partial charge on any atom is -0.353 e. The molecule has 4 rings (SSSR count). The Balaban J connectivity index is 1.31. The van der Waals surface area contributed by atoms with Crippen molar-refractivity contribution in [3.05, 3.63) is 58.4 Å². The second-order valence-electron chi connectivity index (χ2n) is 9.05. The van der Waals surface area contributed by atoms with Gasteiger partial charge in [-0.3, -0.25) is 14.5 Å². The summed E-state index contributed by atoms with van der Waals surface area (Å²) >= 11 is 0. The van der Waals surface area contributed by atoms with E-state index in [1.807, 2.05) is 6.07 Å². The number of nitrogens with one attached hydrogen (secondary N) is 1. The van der Waals surface area contributed by atoms with E-state index in [4.69, 9.17) is 0 Å². The number of benzene rings is 1. The van der Waals surface area contributed by atoms with Gasteiger partial charge in [0.2, 0.25) is 5.91 Å². The highest BCUT2D eigenvalue weighted by molar-refractivity contribution is 5.75. The number of carbonyl (C=O) groups excluding carboxylic acids is 1. The van der Waals surface area contributed by atoms with E-state index in [-0.39, 0.29) is 24.1 Å². The number of aromatic nitrogens is 2. The summed E-state index contributed by atoms with van der Waals surface area (Å²) in [7, 11) is 0. The highest BCUT2D eigenvalue weighted by atomic mass is 16.2. The van der Waals surface area contributed by atoms with Crippen molar-refractivity contribution in [3.8, 4) is 0 Å². The maximum Gasteiger partial charge on any atom is 0.267 e. The Hall–Kier alpha value is -2.67. The van der Waals surface area contributed by atoms with Crippen LogP contribution >= 0.6 is 0 Å². The van der Waals surface area contributed by atoms with Gasteiger partial charge in [0, 0.05) is 44.8 Å². The molecule has 1 saturated carbocycles. The molecule has 1 aromatic heterocycles. The normalized spacial score (nSPS) is 18.7. The number of piperazine rings is 1. The van der Waals surface area contributed by atoms with Crippen molar-refractivity contribution in [1.82, 2.24) is 20.0 Å². The summed E-state index contributed by atoms with van der Waals surface area (Å²) in [4.78, 5) is 29.6. The number of nitrogens with zero attached hydrogens (tertiary/aromatic N) is 4. The van der Waals surface area contributed by atoms with Crippen LogP contribution < -0.4 is 15.8 Å². The van der Waals surface area contributed by atoms with Gasteiger partial charge >= 0.3 is 0 Å². The molecule has 2 aliphatic rings. The van der Waals surface area contributed by atoms with Gasteiger partial charge in [-0.05, 0) is 24.5 Å². The fourth-order valence-electron chi connectivity index (χ4n) is 4.71. The van der Waals surface area contributed by atoms with Gasteiger partial charge in [0.25, 0.3) is 5.56 Å². The van der Waals surface area contributed by atoms with Crippen molar-refractivity contribution in [1.29, 1.82) is 0 Å². The van der Waals surface area contributed by atoms with E-state index in [0.29, 0.717) is 0 Å². The zero-order chi connectivity index (χ0) is 22.2. The van der Waals surface area contributed by atoms with Crippen LogP contribution in [0.4, 0.5) is 5.82 Å². The minimum absolute atomic E-state index is 0.0167. The van der Waals surface area contributed by atoms with Crippen LogP contribution in [0.5, 0.6) is 0 Å². The van der Waals surface area contributed by atoms with Crippen LogP contribution in [0.25, 0.3) is 0 Å². The van der Waals surface area contributed by atoms with Crippen molar-refractivity contribution in [2.45, 2.75) is 64.1 Å². The van der Waals surface area contributed by atoms with Crippen molar-refractivity contribution < 1.29 is 4.79 Å². The monoisotopic (exact) mass is 437 g/mol. The van der Waals surface area contributed by atoms with Crippen LogP contribution in [0.3, 0.4) is 0 Å². The average molecular weight is 438 g/mol. The summed E-state index contributed by atoms with van der Waals surface area (Å²) < 4.78 is 1.31. The molecule has 1 amide bonds. The maximum absolute atomic E-state index is 12.6. The van der Waals surface area contributed by atoms with E-state index in [2.05, 4.69) is 44.5 Å². The molecule has 0 unspecified atom stereocenters. The quantitative estimate of drug-likeness (QED) is 0.753. The molecule has 2 fully saturated rings. The van der Waals surface area contributed by atoms with Crippen LogP contribution in [0.1, 0.15) is 50.5 Å². The number of carbonyl (C=O) groups is 1. The predicted octanol–water partition coefficient (Wildman–Crippen LogP) is 2.79. The predicted molar refractivity (Wildman–Crippen MR) is 127 cm³/mol. The van der Waals surface area contributed by atoms with E-state index in [1.54, 1.807) is 6.07 Å². The van der Waals surface area contributed by atoms with E-state index in [1.165, 1.54) is 35.6 Å². The zero-order valence-electron chi connectivity index (χ0n) is 18.9. The van der Waals surface area contributed by atoms with Gasteiger partial charge in [-0.1, -0.05) is 62.4 Å². The Morgan fingerprint density at radius 1 is 0.906 bits per heavy atom. The molecule has 2 heterocycles. The highest BCUT2D eigenvalue weighted by Gasteiger charge is 2.20. The molecule has 0 radical (unpaired) electrons. The molecule has 172 valence electrons. The number of amides is 1. The first-order chi connectivity index (χ1) is 15.7. The van der Waals surface area contributed by atoms with E-state index in [0.717, 1.165) is 64.2 Å². The third-order valence-corrected chi connectivity index (χ3v) is 6.56. The Bertz CT molecular complexity index is 913. The molecule has 2 aromatic rings. The molecule has 0 spiro atoms. The van der Waals surface area contributed by atoms with Crippen molar-refractivity contribution >= 4 is 11.7 Å². The summed E-state index contributed by atoms with van der Waals surface area (Å²) in [6.45, 7) is 4.52. The first kappa shape index (κ1) is 22.5. The Kier molecular flexibility index (Phi) is 7.93. The molecule has 0 atom stereocenters. The summed E-state index contributed by atoms with van der Waals surface area (Å²) in [5.74, 6) is 0.651. The molecule has 1 saturated heterocycles. The number of anilines is 1. The Morgan fingerprint density at radius 2 is 1.59 bits per heavy atom. The van der Waals surface area contributed by atoms with Gasteiger partial charge in [-0.25, -0.2) is 4.68 Å². The smallest absolute Gasteiger partial charge is 0.267 e. The molecular formula is C25H35N5O2. The molecule has 0 bridgehead atoms. The third kappa shape index (κ3) is 6.42. The summed E-state index contributed by atoms with van der Waals surface area (Å²) in [6, 6.07) is 14.0. The topological polar surface area (TPSA) is 70.5 Å². The third-order valence-electron chi connectivity index (χ3n) is 6.56. The van der Waals surface area contributed by atoms with Crippen LogP contribution in [0.2, 0.25) is 0 Å². The Morgan fingerprint density at radius 3 is 2.31 bits per heavy atom. The summed E-state index contributed by atoms with van der Waals surface area (Å²) in [5, 5.41) is 7.65. The largest absolute Gasteiger partial charge is 0.353 e. The molecular weight excluding hydrogens is 402 g/mol. The highest BCUT2D eigenvalue weighted by Crippen LogP contribution is 2.17. The number of hydrogen-bond acceptors (Lipinski definition) is 5. The number of hydrogen-bond donors (Lipinski definition) is 1. The minimum atomic E-state index is -0.232. The maximum atomic E-state index is 12.6. The number of rotatable bonds is 6. The lowest BCUT2D eigenvalue weighted by Gasteiger charge is -2.35. The summed E-state index contributed by atoms with van der Waals surface area (Å²) in [5.41, 5.74) is 1.09. The van der Waals surface area contributed by atoms with Crippen molar-refractivity contribution in [2.24, 2.45) is 0 Å². The van der Waals surface area contributed by atoms with E-state index < -0.39 is 0 Å². The zero-order valence-corrected chi connectivity index (χ0v) is 18.9. The second kappa shape index (κ2) is 11.3. The van der Waals surface area contributed by atoms with Gasteiger partial charge < -0.3 is 10.2 Å². The van der Waals surface area contributed by atoms with Crippen LogP contribution in [0.15, 0.2) is 47.3 Å². The average Bonchev–Trinajstić information content (AvgIpc) is 2.78. The molecule has 1 aromatic carbocycles. The SMILES string of the molecule is O=C(Cn1nc(N2CCN(Cc3ccccc3)CC2)ccc1=O)NC1CCCCCCC1. The van der Waals surface area contributed by atoms with E-state index in [9.17, 15) is 9.59 Å². The van der Waals surface area contributed by atoms with E-state index >= 15 is 0 Å². The van der Waals surface area contributed by atoms with Crippen molar-refractivity contribution in [2.75, 3.05) is 31.1 Å². The first-order valence-corrected chi connectivity index (χ1v) is 12.1. The lowest BCUT2D eigenvalue weighted by Crippen LogP contribution is -2.47. The molecule has 1 aliphatic heterocycles. The molecule has 1 aliphatic carbocycles. The standard InChI is InChI=1S/C25H35N5O2/c31-24(26-22-11-7-2-1-3-8-12-22)20-30-25(32)14-13-23(27-30)29-17-15-28(16-18-29)19-21-9-5-4-6-10-21/h4-6,9-10,13-14,22H,1-3,7-8,11-12,15-20H2,(H,26,31). The lowest BCUT2D eigenvalue weighted by atomic mass is 9.97.